The number of rotatable bonds is 4. The summed E-state index contributed by atoms with van der Waals surface area (Å²) >= 11 is 0. The topological polar surface area (TPSA) is 114 Å². The Morgan fingerprint density at radius 2 is 2.13 bits per heavy atom. The molecule has 0 fully saturated rings. The Hall–Kier alpha value is -3.55. The third-order valence-corrected chi connectivity index (χ3v) is 4.79. The Morgan fingerprint density at radius 3 is 2.74 bits per heavy atom. The first-order chi connectivity index (χ1) is 14.4. The molecule has 0 saturated heterocycles. The summed E-state index contributed by atoms with van der Waals surface area (Å²) in [4.78, 5) is 24.6. The summed E-state index contributed by atoms with van der Waals surface area (Å²) in [5.74, 6) is -1.33. The number of hydrogen-bond acceptors (Lipinski definition) is 7. The van der Waals surface area contributed by atoms with Crippen molar-refractivity contribution >= 4 is 11.8 Å². The number of ketones is 1. The van der Waals surface area contributed by atoms with E-state index in [1.807, 2.05) is 6.07 Å². The van der Waals surface area contributed by atoms with Crippen molar-refractivity contribution < 1.29 is 27.1 Å². The van der Waals surface area contributed by atoms with Gasteiger partial charge in [-0.2, -0.15) is 18.4 Å². The van der Waals surface area contributed by atoms with Gasteiger partial charge in [0.15, 0.2) is 11.9 Å². The zero-order valence-electron chi connectivity index (χ0n) is 16.5. The van der Waals surface area contributed by atoms with Crippen LogP contribution in [0.15, 0.2) is 29.4 Å². The van der Waals surface area contributed by atoms with Gasteiger partial charge in [0, 0.05) is 18.3 Å². The largest absolute Gasteiger partial charge is 0.452 e. The third kappa shape index (κ3) is 4.63. The molecule has 0 bridgehead atoms. The molecule has 3 rings (SSSR count). The minimum absolute atomic E-state index is 0.114. The zero-order chi connectivity index (χ0) is 23.0. The zero-order valence-corrected chi connectivity index (χ0v) is 16.5. The minimum atomic E-state index is -4.73. The second-order valence-electron chi connectivity index (χ2n) is 7.31. The number of aryl methyl sites for hydroxylation is 1. The summed E-state index contributed by atoms with van der Waals surface area (Å²) in [6.07, 6.45) is -6.75. The van der Waals surface area contributed by atoms with Crippen molar-refractivity contribution in [3.8, 4) is 6.07 Å². The standard InChI is InChI=1S/C20H17F4N5O2/c1-10-5-11(8-25)9-27-16(10)14(30)6-12-3-4-13(21)17(28-12)19(2)7-15(20(22,23)24)31-18(26)29-19/h3-5,9,15H,6-7H2,1-2H3,(H2,26,29)/t15-,19-/m0/s1. The first kappa shape index (κ1) is 22.1. The molecule has 31 heavy (non-hydrogen) atoms. The number of hydrogen-bond donors (Lipinski definition) is 1. The molecule has 2 aromatic rings. The Labute approximate surface area is 174 Å². The van der Waals surface area contributed by atoms with Crippen molar-refractivity contribution in [1.29, 1.82) is 5.26 Å². The second-order valence-corrected chi connectivity index (χ2v) is 7.31. The Balaban J connectivity index is 1.93. The number of alkyl halides is 3. The third-order valence-electron chi connectivity index (χ3n) is 4.79. The number of nitrogens with zero attached hydrogens (tertiary/aromatic N) is 4. The molecule has 7 nitrogen and oxygen atoms in total. The maximum Gasteiger partial charge on any atom is 0.425 e. The van der Waals surface area contributed by atoms with Crippen molar-refractivity contribution in [3.63, 3.8) is 0 Å². The first-order valence-corrected chi connectivity index (χ1v) is 9.07. The lowest BCUT2D eigenvalue weighted by molar-refractivity contribution is -0.208. The number of aliphatic imine (C=N–C) groups is 1. The molecule has 0 radical (unpaired) electrons. The molecule has 2 aromatic heterocycles. The van der Waals surface area contributed by atoms with Gasteiger partial charge in [-0.3, -0.25) is 14.8 Å². The van der Waals surface area contributed by atoms with Gasteiger partial charge in [-0.25, -0.2) is 9.38 Å². The van der Waals surface area contributed by atoms with E-state index in [-0.39, 0.29) is 23.5 Å². The molecule has 0 saturated carbocycles. The van der Waals surface area contributed by atoms with Crippen molar-refractivity contribution in [2.75, 3.05) is 0 Å². The molecule has 0 aromatic carbocycles. The summed E-state index contributed by atoms with van der Waals surface area (Å²) in [6.45, 7) is 2.88. The highest BCUT2D eigenvalue weighted by Crippen LogP contribution is 2.40. The summed E-state index contributed by atoms with van der Waals surface area (Å²) in [5, 5.41) is 8.90. The molecule has 0 spiro atoms. The van der Waals surface area contributed by atoms with Crippen molar-refractivity contribution in [1.82, 2.24) is 9.97 Å². The molecular weight excluding hydrogens is 418 g/mol. The highest BCUT2D eigenvalue weighted by molar-refractivity contribution is 5.96. The summed E-state index contributed by atoms with van der Waals surface area (Å²) in [6, 6.07) is 4.96. The summed E-state index contributed by atoms with van der Waals surface area (Å²) in [7, 11) is 0. The van der Waals surface area contributed by atoms with Crippen LogP contribution in [-0.4, -0.2) is 34.1 Å². The van der Waals surface area contributed by atoms with E-state index < -0.39 is 41.9 Å². The molecule has 0 amide bonds. The number of ether oxygens (including phenoxy) is 1. The highest BCUT2D eigenvalue weighted by Gasteiger charge is 2.50. The van der Waals surface area contributed by atoms with E-state index in [1.54, 1.807) is 6.92 Å². The predicted molar refractivity (Wildman–Crippen MR) is 100 cm³/mol. The van der Waals surface area contributed by atoms with Gasteiger partial charge >= 0.3 is 6.18 Å². The number of Topliss-reactive ketones (excluding diaryl/α,β-unsaturated/α-hetero) is 1. The second kappa shape index (κ2) is 7.94. The normalized spacial score (nSPS) is 21.1. The lowest BCUT2D eigenvalue weighted by atomic mass is 9.89. The lowest BCUT2D eigenvalue weighted by Gasteiger charge is -2.35. The first-order valence-electron chi connectivity index (χ1n) is 9.07. The van der Waals surface area contributed by atoms with E-state index >= 15 is 0 Å². The lowest BCUT2D eigenvalue weighted by Crippen LogP contribution is -2.46. The van der Waals surface area contributed by atoms with Crippen LogP contribution < -0.4 is 5.73 Å². The number of nitrogens with two attached hydrogens (primary N) is 1. The molecule has 1 aliphatic rings. The van der Waals surface area contributed by atoms with Crippen LogP contribution in [0.2, 0.25) is 0 Å². The van der Waals surface area contributed by atoms with Crippen molar-refractivity contribution in [2.45, 2.75) is 44.5 Å². The van der Waals surface area contributed by atoms with Crippen LogP contribution in [-0.2, 0) is 16.7 Å². The molecule has 11 heteroatoms. The maximum atomic E-state index is 14.5. The number of amidine groups is 1. The molecular formula is C20H17F4N5O2. The maximum absolute atomic E-state index is 14.5. The number of halogens is 4. The molecule has 0 aliphatic carbocycles. The van der Waals surface area contributed by atoms with Crippen LogP contribution in [0.5, 0.6) is 0 Å². The summed E-state index contributed by atoms with van der Waals surface area (Å²) < 4.78 is 58.6. The molecule has 1 aliphatic heterocycles. The molecule has 2 N–H and O–H groups in total. The van der Waals surface area contributed by atoms with Crippen molar-refractivity contribution in [3.05, 3.63) is 58.4 Å². The molecule has 0 unspecified atom stereocenters. The minimum Gasteiger partial charge on any atom is -0.452 e. The Bertz CT molecular complexity index is 1110. The molecule has 162 valence electrons. The van der Waals surface area contributed by atoms with Gasteiger partial charge in [0.2, 0.25) is 0 Å². The van der Waals surface area contributed by atoms with E-state index in [0.717, 1.165) is 6.07 Å². The Kier molecular flexibility index (Phi) is 5.67. The SMILES string of the molecule is Cc1cc(C#N)cnc1C(=O)Cc1ccc(F)c([C@]2(C)C[C@@H](C(F)(F)F)OC(N)=N2)n1. The number of pyridine rings is 2. The fourth-order valence-corrected chi connectivity index (χ4v) is 3.33. The smallest absolute Gasteiger partial charge is 0.425 e. The number of nitriles is 1. The average Bonchev–Trinajstić information content (AvgIpc) is 2.67. The van der Waals surface area contributed by atoms with Gasteiger partial charge in [-0.05, 0) is 37.6 Å². The average molecular weight is 435 g/mol. The monoisotopic (exact) mass is 435 g/mol. The van der Waals surface area contributed by atoms with E-state index in [4.69, 9.17) is 11.0 Å². The highest BCUT2D eigenvalue weighted by atomic mass is 19.4. The number of carbonyl (C=O) groups excluding carboxylic acids is 1. The predicted octanol–water partition coefficient (Wildman–Crippen LogP) is 3.10. The van der Waals surface area contributed by atoms with Gasteiger partial charge < -0.3 is 10.5 Å². The van der Waals surface area contributed by atoms with Gasteiger partial charge in [-0.1, -0.05) is 0 Å². The fourth-order valence-electron chi connectivity index (χ4n) is 3.33. The van der Waals surface area contributed by atoms with E-state index in [0.29, 0.717) is 11.1 Å². The summed E-state index contributed by atoms with van der Waals surface area (Å²) in [5.41, 5.74) is 4.30. The Morgan fingerprint density at radius 1 is 1.42 bits per heavy atom. The van der Waals surface area contributed by atoms with E-state index in [2.05, 4.69) is 19.7 Å². The van der Waals surface area contributed by atoms with Crippen LogP contribution in [0.3, 0.4) is 0 Å². The number of carbonyl (C=O) groups is 1. The van der Waals surface area contributed by atoms with Crippen LogP contribution in [0.1, 0.15) is 46.3 Å². The van der Waals surface area contributed by atoms with Gasteiger partial charge in [-0.15, -0.1) is 0 Å². The van der Waals surface area contributed by atoms with Gasteiger partial charge in [0.05, 0.1) is 12.0 Å². The van der Waals surface area contributed by atoms with E-state index in [9.17, 15) is 22.4 Å². The van der Waals surface area contributed by atoms with Gasteiger partial charge in [0.1, 0.15) is 28.8 Å². The quantitative estimate of drug-likeness (QED) is 0.583. The van der Waals surface area contributed by atoms with Crippen LogP contribution in [0, 0.1) is 24.1 Å². The molecule has 2 atom stereocenters. The van der Waals surface area contributed by atoms with Crippen molar-refractivity contribution in [2.24, 2.45) is 10.7 Å². The fraction of sp³-hybridized carbons (Fsp3) is 0.350. The molecule has 3 heterocycles. The van der Waals surface area contributed by atoms with Crippen LogP contribution in [0.25, 0.3) is 0 Å². The van der Waals surface area contributed by atoms with Crippen LogP contribution in [0.4, 0.5) is 17.6 Å². The number of aromatic nitrogens is 2. The van der Waals surface area contributed by atoms with Crippen LogP contribution >= 0.6 is 0 Å². The van der Waals surface area contributed by atoms with E-state index in [1.165, 1.54) is 25.3 Å². The van der Waals surface area contributed by atoms with Gasteiger partial charge in [0.25, 0.3) is 6.02 Å².